The van der Waals surface area contributed by atoms with Gasteiger partial charge in [-0.2, -0.15) is 0 Å². The van der Waals surface area contributed by atoms with Crippen LogP contribution in [0.5, 0.6) is 0 Å². The van der Waals surface area contributed by atoms with Gasteiger partial charge in [-0.3, -0.25) is 0 Å². The first-order chi connectivity index (χ1) is 4.79. The van der Waals surface area contributed by atoms with Crippen LogP contribution in [0.1, 0.15) is 20.3 Å². The molecule has 0 saturated heterocycles. The molecule has 0 aromatic rings. The predicted octanol–water partition coefficient (Wildman–Crippen LogP) is 2.77. The van der Waals surface area contributed by atoms with Crippen molar-refractivity contribution in [2.45, 2.75) is 20.3 Å². The molecule has 10 heavy (non-hydrogen) atoms. The van der Waals surface area contributed by atoms with Crippen LogP contribution in [-0.4, -0.2) is 0 Å². The second kappa shape index (κ2) is 1.98. The van der Waals surface area contributed by atoms with E-state index in [1.54, 1.807) is 5.57 Å². The maximum absolute atomic E-state index is 2.36. The normalized spacial score (nSPS) is 43.8. The molecule has 54 valence electrons. The molecule has 0 spiro atoms. The Morgan fingerprint density at radius 1 is 1.40 bits per heavy atom. The molecule has 0 heterocycles. The summed E-state index contributed by atoms with van der Waals surface area (Å²) in [6.45, 7) is 4.71. The summed E-state index contributed by atoms with van der Waals surface area (Å²) in [7, 11) is 0. The van der Waals surface area contributed by atoms with Gasteiger partial charge in [-0.25, -0.2) is 0 Å². The second-order valence-corrected chi connectivity index (χ2v) is 3.66. The smallest absolute Gasteiger partial charge is 0.00115 e. The second-order valence-electron chi connectivity index (χ2n) is 3.66. The molecule has 1 saturated carbocycles. The first-order valence-electron chi connectivity index (χ1n) is 4.17. The molecular weight excluding hydrogens is 120 g/mol. The predicted molar refractivity (Wildman–Crippen MR) is 43.7 cm³/mol. The van der Waals surface area contributed by atoms with Crippen LogP contribution >= 0.6 is 0 Å². The number of hydrogen-bond acceptors (Lipinski definition) is 0. The highest BCUT2D eigenvalue weighted by Gasteiger charge is 2.32. The van der Waals surface area contributed by atoms with E-state index in [-0.39, 0.29) is 0 Å². The number of hydrogen-bond donors (Lipinski definition) is 0. The van der Waals surface area contributed by atoms with Crippen molar-refractivity contribution in [2.24, 2.45) is 17.8 Å². The first-order valence-corrected chi connectivity index (χ1v) is 4.17. The van der Waals surface area contributed by atoms with Gasteiger partial charge in [0, 0.05) is 0 Å². The maximum atomic E-state index is 2.36. The lowest BCUT2D eigenvalue weighted by molar-refractivity contribution is 0.485. The molecule has 0 radical (unpaired) electrons. The molecule has 2 rings (SSSR count). The van der Waals surface area contributed by atoms with E-state index in [0.717, 1.165) is 17.8 Å². The number of fused-ring (bicyclic) bond motifs is 1. The van der Waals surface area contributed by atoms with Crippen LogP contribution in [0.15, 0.2) is 23.8 Å². The first kappa shape index (κ1) is 6.21. The molecular formula is C10H14. The molecule has 0 amide bonds. The van der Waals surface area contributed by atoms with Crippen molar-refractivity contribution in [3.63, 3.8) is 0 Å². The molecule has 0 aromatic carbocycles. The fourth-order valence-corrected chi connectivity index (χ4v) is 2.17. The highest BCUT2D eigenvalue weighted by molar-refractivity contribution is 5.32. The van der Waals surface area contributed by atoms with Crippen molar-refractivity contribution in [1.29, 1.82) is 0 Å². The molecule has 2 aliphatic rings. The van der Waals surface area contributed by atoms with Gasteiger partial charge < -0.3 is 0 Å². The van der Waals surface area contributed by atoms with Crippen LogP contribution in [0.2, 0.25) is 0 Å². The summed E-state index contributed by atoms with van der Waals surface area (Å²) in [5, 5.41) is 0. The largest absolute Gasteiger partial charge is 0.0773 e. The standard InChI is InChI=1S/C10H14/c1-7-6-9-4-3-5-10(9)8(7)2/h3-5,7-9H,6H2,1-2H3. The van der Waals surface area contributed by atoms with Gasteiger partial charge in [-0.05, 0) is 24.2 Å². The Labute approximate surface area is 62.6 Å². The van der Waals surface area contributed by atoms with E-state index in [1.807, 2.05) is 0 Å². The lowest BCUT2D eigenvalue weighted by Crippen LogP contribution is -1.98. The molecule has 0 N–H and O–H groups in total. The highest BCUT2D eigenvalue weighted by Crippen LogP contribution is 2.43. The van der Waals surface area contributed by atoms with Crippen molar-refractivity contribution in [3.05, 3.63) is 23.8 Å². The Hall–Kier alpha value is -0.520. The minimum absolute atomic E-state index is 0.810. The molecule has 0 aliphatic heterocycles. The molecule has 1 fully saturated rings. The van der Waals surface area contributed by atoms with Gasteiger partial charge in [0.1, 0.15) is 0 Å². The third-order valence-corrected chi connectivity index (χ3v) is 3.07. The molecule has 0 nitrogen and oxygen atoms in total. The van der Waals surface area contributed by atoms with Crippen molar-refractivity contribution in [1.82, 2.24) is 0 Å². The van der Waals surface area contributed by atoms with Gasteiger partial charge in [0.15, 0.2) is 0 Å². The molecule has 3 atom stereocenters. The topological polar surface area (TPSA) is 0 Å². The minimum atomic E-state index is 0.810. The Morgan fingerprint density at radius 3 is 2.90 bits per heavy atom. The molecule has 0 aromatic heterocycles. The van der Waals surface area contributed by atoms with E-state index in [0.29, 0.717) is 0 Å². The van der Waals surface area contributed by atoms with Gasteiger partial charge >= 0.3 is 0 Å². The number of rotatable bonds is 0. The van der Waals surface area contributed by atoms with Crippen molar-refractivity contribution < 1.29 is 0 Å². The third kappa shape index (κ3) is 0.681. The van der Waals surface area contributed by atoms with Crippen molar-refractivity contribution >= 4 is 0 Å². The Bertz CT molecular complexity index is 198. The van der Waals surface area contributed by atoms with Crippen LogP contribution < -0.4 is 0 Å². The quantitative estimate of drug-likeness (QED) is 0.478. The molecule has 3 unspecified atom stereocenters. The van der Waals surface area contributed by atoms with E-state index < -0.39 is 0 Å². The van der Waals surface area contributed by atoms with E-state index in [4.69, 9.17) is 0 Å². The monoisotopic (exact) mass is 134 g/mol. The minimum Gasteiger partial charge on any atom is -0.0773 e. The van der Waals surface area contributed by atoms with Crippen LogP contribution in [-0.2, 0) is 0 Å². The van der Waals surface area contributed by atoms with Gasteiger partial charge in [0.25, 0.3) is 0 Å². The molecule has 2 aliphatic carbocycles. The lowest BCUT2D eigenvalue weighted by atomic mass is 9.97. The zero-order valence-electron chi connectivity index (χ0n) is 6.67. The summed E-state index contributed by atoms with van der Waals surface area (Å²) < 4.78 is 0. The van der Waals surface area contributed by atoms with Gasteiger partial charge in [-0.1, -0.05) is 37.6 Å². The van der Waals surface area contributed by atoms with Gasteiger partial charge in [0.2, 0.25) is 0 Å². The Balaban J connectivity index is 2.26. The van der Waals surface area contributed by atoms with Crippen LogP contribution in [0.25, 0.3) is 0 Å². The molecule has 0 bridgehead atoms. The zero-order valence-corrected chi connectivity index (χ0v) is 6.67. The van der Waals surface area contributed by atoms with Crippen LogP contribution in [0.3, 0.4) is 0 Å². The SMILES string of the molecule is CC1CC2C=CC=C2C1C. The summed E-state index contributed by atoms with van der Waals surface area (Å²) in [5.41, 5.74) is 1.67. The molecule has 0 heteroatoms. The van der Waals surface area contributed by atoms with E-state index in [1.165, 1.54) is 6.42 Å². The van der Waals surface area contributed by atoms with Crippen molar-refractivity contribution in [3.8, 4) is 0 Å². The summed E-state index contributed by atoms with van der Waals surface area (Å²) in [6, 6.07) is 0. The Kier molecular flexibility index (Phi) is 1.23. The zero-order chi connectivity index (χ0) is 7.14. The van der Waals surface area contributed by atoms with Gasteiger partial charge in [-0.15, -0.1) is 0 Å². The van der Waals surface area contributed by atoms with Gasteiger partial charge in [0.05, 0.1) is 0 Å². The summed E-state index contributed by atoms with van der Waals surface area (Å²) in [6.07, 6.45) is 8.24. The van der Waals surface area contributed by atoms with E-state index in [2.05, 4.69) is 32.1 Å². The summed E-state index contributed by atoms with van der Waals surface area (Å²) >= 11 is 0. The van der Waals surface area contributed by atoms with E-state index >= 15 is 0 Å². The third-order valence-electron chi connectivity index (χ3n) is 3.07. The summed E-state index contributed by atoms with van der Waals surface area (Å²) in [4.78, 5) is 0. The summed E-state index contributed by atoms with van der Waals surface area (Å²) in [5.74, 6) is 2.55. The fraction of sp³-hybridized carbons (Fsp3) is 0.600. The van der Waals surface area contributed by atoms with Crippen LogP contribution in [0, 0.1) is 17.8 Å². The van der Waals surface area contributed by atoms with E-state index in [9.17, 15) is 0 Å². The lowest BCUT2D eigenvalue weighted by Gasteiger charge is -2.08. The highest BCUT2D eigenvalue weighted by atomic mass is 14.4. The Morgan fingerprint density at radius 2 is 2.20 bits per heavy atom. The van der Waals surface area contributed by atoms with Crippen LogP contribution in [0.4, 0.5) is 0 Å². The maximum Gasteiger partial charge on any atom is -0.00115 e. The fourth-order valence-electron chi connectivity index (χ4n) is 2.17. The average Bonchev–Trinajstić information content (AvgIpc) is 2.41. The average molecular weight is 134 g/mol. The van der Waals surface area contributed by atoms with Crippen molar-refractivity contribution in [2.75, 3.05) is 0 Å². The number of allylic oxidation sites excluding steroid dienone is 4.